The number of ether oxygens (including phenoxy) is 1. The third-order valence-corrected chi connectivity index (χ3v) is 5.78. The predicted octanol–water partition coefficient (Wildman–Crippen LogP) is 2.64. The Balaban J connectivity index is 2.39. The number of hydrogen-bond donors (Lipinski definition) is 0. The van der Waals surface area contributed by atoms with Crippen LogP contribution in [0, 0.1) is 11.8 Å². The summed E-state index contributed by atoms with van der Waals surface area (Å²) >= 11 is 3.49. The second kappa shape index (κ2) is 6.02. The summed E-state index contributed by atoms with van der Waals surface area (Å²) in [6.45, 7) is 6.82. The van der Waals surface area contributed by atoms with Crippen LogP contribution in [0.15, 0.2) is 0 Å². The molecule has 2 atom stereocenters. The van der Waals surface area contributed by atoms with Gasteiger partial charge in [-0.1, -0.05) is 15.9 Å². The minimum absolute atomic E-state index is 0.112. The molecule has 0 radical (unpaired) electrons. The van der Waals surface area contributed by atoms with E-state index in [1.54, 1.807) is 0 Å². The third kappa shape index (κ3) is 5.71. The van der Waals surface area contributed by atoms with Crippen molar-refractivity contribution >= 4 is 25.8 Å². The van der Waals surface area contributed by atoms with E-state index in [4.69, 9.17) is 4.74 Å². The van der Waals surface area contributed by atoms with E-state index < -0.39 is 9.84 Å². The lowest BCUT2D eigenvalue weighted by Gasteiger charge is -2.24. The van der Waals surface area contributed by atoms with Gasteiger partial charge in [0, 0.05) is 11.9 Å². The fourth-order valence-corrected chi connectivity index (χ4v) is 4.92. The SMILES string of the molecule is CC(C)(C)OCCC(CBr)C1CCS(=O)(=O)C1. The van der Waals surface area contributed by atoms with E-state index in [1.165, 1.54) is 0 Å². The van der Waals surface area contributed by atoms with Gasteiger partial charge in [-0.05, 0) is 45.4 Å². The first-order valence-electron chi connectivity index (χ1n) is 6.14. The summed E-state index contributed by atoms with van der Waals surface area (Å²) < 4.78 is 28.6. The molecule has 0 N–H and O–H groups in total. The number of rotatable bonds is 5. The monoisotopic (exact) mass is 326 g/mol. The Morgan fingerprint density at radius 1 is 1.41 bits per heavy atom. The topological polar surface area (TPSA) is 43.4 Å². The maximum Gasteiger partial charge on any atom is 0.150 e. The number of hydrogen-bond acceptors (Lipinski definition) is 3. The molecule has 0 saturated carbocycles. The molecule has 2 unspecified atom stereocenters. The molecular weight excluding hydrogens is 304 g/mol. The van der Waals surface area contributed by atoms with E-state index in [1.807, 2.05) is 20.8 Å². The maximum absolute atomic E-state index is 11.4. The Bertz CT molecular complexity index is 332. The van der Waals surface area contributed by atoms with Gasteiger partial charge < -0.3 is 4.74 Å². The van der Waals surface area contributed by atoms with Crippen LogP contribution in [0.3, 0.4) is 0 Å². The van der Waals surface area contributed by atoms with Crippen molar-refractivity contribution in [1.29, 1.82) is 0 Å². The fourth-order valence-electron chi connectivity index (χ4n) is 2.15. The Hall–Kier alpha value is 0.390. The number of alkyl halides is 1. The summed E-state index contributed by atoms with van der Waals surface area (Å²) in [5, 5.41) is 0.862. The minimum atomic E-state index is -2.77. The largest absolute Gasteiger partial charge is 0.376 e. The Morgan fingerprint density at radius 2 is 2.06 bits per heavy atom. The molecule has 3 nitrogen and oxygen atoms in total. The molecule has 102 valence electrons. The molecule has 1 rings (SSSR count). The molecule has 0 spiro atoms. The molecule has 0 amide bonds. The fraction of sp³-hybridized carbons (Fsp3) is 1.00. The summed E-state index contributed by atoms with van der Waals surface area (Å²) in [5.74, 6) is 1.44. The van der Waals surface area contributed by atoms with Crippen molar-refractivity contribution in [3.05, 3.63) is 0 Å². The Labute approximate surface area is 113 Å². The zero-order valence-corrected chi connectivity index (χ0v) is 13.3. The highest BCUT2D eigenvalue weighted by molar-refractivity contribution is 9.09. The predicted molar refractivity (Wildman–Crippen MR) is 74.4 cm³/mol. The lowest BCUT2D eigenvalue weighted by molar-refractivity contribution is -0.0104. The maximum atomic E-state index is 11.4. The van der Waals surface area contributed by atoms with E-state index in [-0.39, 0.29) is 5.60 Å². The van der Waals surface area contributed by atoms with Crippen molar-refractivity contribution in [3.8, 4) is 0 Å². The van der Waals surface area contributed by atoms with Crippen LogP contribution in [0.25, 0.3) is 0 Å². The molecule has 0 bridgehead atoms. The summed E-state index contributed by atoms with van der Waals surface area (Å²) in [5.41, 5.74) is -0.112. The average molecular weight is 327 g/mol. The molecule has 5 heteroatoms. The van der Waals surface area contributed by atoms with Crippen molar-refractivity contribution in [2.75, 3.05) is 23.4 Å². The van der Waals surface area contributed by atoms with Crippen molar-refractivity contribution in [1.82, 2.24) is 0 Å². The summed E-state index contributed by atoms with van der Waals surface area (Å²) in [4.78, 5) is 0. The van der Waals surface area contributed by atoms with Crippen molar-refractivity contribution < 1.29 is 13.2 Å². The third-order valence-electron chi connectivity index (χ3n) is 3.16. The summed E-state index contributed by atoms with van der Waals surface area (Å²) in [6.07, 6.45) is 1.75. The van der Waals surface area contributed by atoms with Gasteiger partial charge in [-0.2, -0.15) is 0 Å². The lowest BCUT2D eigenvalue weighted by atomic mass is 9.91. The quantitative estimate of drug-likeness (QED) is 0.729. The van der Waals surface area contributed by atoms with Crippen LogP contribution >= 0.6 is 15.9 Å². The van der Waals surface area contributed by atoms with E-state index >= 15 is 0 Å². The van der Waals surface area contributed by atoms with E-state index in [0.717, 1.165) is 18.2 Å². The van der Waals surface area contributed by atoms with Gasteiger partial charge in [0.15, 0.2) is 9.84 Å². The van der Waals surface area contributed by atoms with Gasteiger partial charge in [-0.15, -0.1) is 0 Å². The highest BCUT2D eigenvalue weighted by Gasteiger charge is 2.33. The zero-order valence-electron chi connectivity index (χ0n) is 10.9. The van der Waals surface area contributed by atoms with E-state index in [0.29, 0.717) is 29.9 Å². The standard InChI is InChI=1S/C12H23BrO3S/c1-12(2,3)16-6-4-10(8-13)11-5-7-17(14,15)9-11/h10-11H,4-9H2,1-3H3. The van der Waals surface area contributed by atoms with E-state index in [9.17, 15) is 8.42 Å². The Morgan fingerprint density at radius 3 is 2.47 bits per heavy atom. The van der Waals surface area contributed by atoms with Gasteiger partial charge in [-0.3, -0.25) is 0 Å². The molecular formula is C12H23BrO3S. The van der Waals surface area contributed by atoms with Crippen molar-refractivity contribution in [3.63, 3.8) is 0 Å². The van der Waals surface area contributed by atoms with Gasteiger partial charge >= 0.3 is 0 Å². The van der Waals surface area contributed by atoms with Crippen LogP contribution < -0.4 is 0 Å². The highest BCUT2D eigenvalue weighted by atomic mass is 79.9. The van der Waals surface area contributed by atoms with Crippen LogP contribution in [0.4, 0.5) is 0 Å². The molecule has 0 aromatic carbocycles. The Kier molecular flexibility index (Phi) is 5.47. The first-order chi connectivity index (χ1) is 7.73. The van der Waals surface area contributed by atoms with Crippen LogP contribution in [-0.4, -0.2) is 37.5 Å². The molecule has 1 aliphatic heterocycles. The summed E-state index contributed by atoms with van der Waals surface area (Å²) in [6, 6.07) is 0. The van der Waals surface area contributed by atoms with Gasteiger partial charge in [0.25, 0.3) is 0 Å². The lowest BCUT2D eigenvalue weighted by Crippen LogP contribution is -2.24. The zero-order chi connectivity index (χ0) is 13.1. The first kappa shape index (κ1) is 15.4. The van der Waals surface area contributed by atoms with Crippen LogP contribution in [0.2, 0.25) is 0 Å². The molecule has 0 aromatic rings. The van der Waals surface area contributed by atoms with Crippen LogP contribution in [0.5, 0.6) is 0 Å². The highest BCUT2D eigenvalue weighted by Crippen LogP contribution is 2.29. The molecule has 0 aromatic heterocycles. The molecule has 0 aliphatic carbocycles. The van der Waals surface area contributed by atoms with Crippen LogP contribution in [0.1, 0.15) is 33.6 Å². The molecule has 1 aliphatic rings. The normalized spacial score (nSPS) is 26.0. The van der Waals surface area contributed by atoms with Gasteiger partial charge in [0.2, 0.25) is 0 Å². The smallest absolute Gasteiger partial charge is 0.150 e. The molecule has 1 fully saturated rings. The minimum Gasteiger partial charge on any atom is -0.376 e. The van der Waals surface area contributed by atoms with Crippen molar-refractivity contribution in [2.24, 2.45) is 11.8 Å². The first-order valence-corrected chi connectivity index (χ1v) is 9.08. The second-order valence-electron chi connectivity index (χ2n) is 5.83. The van der Waals surface area contributed by atoms with Gasteiger partial charge in [0.1, 0.15) is 0 Å². The number of sulfone groups is 1. The van der Waals surface area contributed by atoms with Crippen molar-refractivity contribution in [2.45, 2.75) is 39.2 Å². The molecule has 1 saturated heterocycles. The van der Waals surface area contributed by atoms with Gasteiger partial charge in [0.05, 0.1) is 17.1 Å². The number of halogens is 1. The van der Waals surface area contributed by atoms with Gasteiger partial charge in [-0.25, -0.2) is 8.42 Å². The summed E-state index contributed by atoms with van der Waals surface area (Å²) in [7, 11) is -2.77. The molecule has 17 heavy (non-hydrogen) atoms. The molecule has 1 heterocycles. The van der Waals surface area contributed by atoms with Crippen LogP contribution in [-0.2, 0) is 14.6 Å². The van der Waals surface area contributed by atoms with E-state index in [2.05, 4.69) is 15.9 Å². The second-order valence-corrected chi connectivity index (χ2v) is 8.70. The average Bonchev–Trinajstić information content (AvgIpc) is 2.52.